The van der Waals surface area contributed by atoms with Crippen molar-refractivity contribution >= 4 is 33.3 Å². The first-order chi connectivity index (χ1) is 9.84. The first-order valence-corrected chi connectivity index (χ1v) is 7.50. The first kappa shape index (κ1) is 13.3. The Labute approximate surface area is 120 Å². The van der Waals surface area contributed by atoms with E-state index in [0.29, 0.717) is 39.3 Å². The van der Waals surface area contributed by atoms with Gasteiger partial charge in [-0.2, -0.15) is 0 Å². The minimum atomic E-state index is 0.164. The van der Waals surface area contributed by atoms with E-state index in [1.54, 1.807) is 17.7 Å². The van der Waals surface area contributed by atoms with Gasteiger partial charge < -0.3 is 15.0 Å². The van der Waals surface area contributed by atoms with Crippen LogP contribution in [0.2, 0.25) is 0 Å². The Morgan fingerprint density at radius 2 is 2.25 bits per heavy atom. The summed E-state index contributed by atoms with van der Waals surface area (Å²) < 4.78 is 6.27. The molecular formula is C13H16N4O2S. The number of anilines is 1. The van der Waals surface area contributed by atoms with Gasteiger partial charge in [0.25, 0.3) is 0 Å². The molecule has 0 aromatic carbocycles. The second-order valence-electron chi connectivity index (χ2n) is 4.53. The Hall–Kier alpha value is -1.73. The van der Waals surface area contributed by atoms with Crippen LogP contribution in [0, 0.1) is 0 Å². The second-order valence-corrected chi connectivity index (χ2v) is 5.44. The molecule has 20 heavy (non-hydrogen) atoms. The van der Waals surface area contributed by atoms with E-state index < -0.39 is 0 Å². The summed E-state index contributed by atoms with van der Waals surface area (Å²) in [7, 11) is 0. The lowest BCUT2D eigenvalue weighted by molar-refractivity contribution is -0.134. The van der Waals surface area contributed by atoms with Gasteiger partial charge in [0.05, 0.1) is 23.4 Å². The molecule has 0 saturated carbocycles. The lowest BCUT2D eigenvalue weighted by atomic mass is 10.3. The van der Waals surface area contributed by atoms with Crippen molar-refractivity contribution in [1.82, 2.24) is 14.9 Å². The zero-order valence-corrected chi connectivity index (χ0v) is 11.9. The summed E-state index contributed by atoms with van der Waals surface area (Å²) in [5.41, 5.74) is 0.937. The Morgan fingerprint density at radius 3 is 3.10 bits per heavy atom. The lowest BCUT2D eigenvalue weighted by Gasteiger charge is -2.26. The SMILES string of the molecule is O=C(CCNc1ncnc2ccsc12)N1CCOCC1. The third-order valence-electron chi connectivity index (χ3n) is 3.24. The molecule has 3 heterocycles. The van der Waals surface area contributed by atoms with Crippen molar-refractivity contribution in [3.63, 3.8) is 0 Å². The van der Waals surface area contributed by atoms with Crippen molar-refractivity contribution in [1.29, 1.82) is 0 Å². The van der Waals surface area contributed by atoms with Crippen LogP contribution in [0.1, 0.15) is 6.42 Å². The molecule has 1 aliphatic heterocycles. The fourth-order valence-electron chi connectivity index (χ4n) is 2.17. The van der Waals surface area contributed by atoms with Crippen LogP contribution in [-0.4, -0.2) is 53.6 Å². The maximum absolute atomic E-state index is 12.0. The number of rotatable bonds is 4. The highest BCUT2D eigenvalue weighted by atomic mass is 32.1. The number of nitrogens with zero attached hydrogens (tertiary/aromatic N) is 3. The van der Waals surface area contributed by atoms with Crippen molar-refractivity contribution in [2.75, 3.05) is 38.2 Å². The number of aromatic nitrogens is 2. The molecule has 6 nitrogen and oxygen atoms in total. The molecule has 0 atom stereocenters. The minimum absolute atomic E-state index is 0.164. The third-order valence-corrected chi connectivity index (χ3v) is 4.15. The van der Waals surface area contributed by atoms with Gasteiger partial charge in [-0.1, -0.05) is 0 Å². The average Bonchev–Trinajstić information content (AvgIpc) is 2.97. The van der Waals surface area contributed by atoms with Crippen LogP contribution in [0.4, 0.5) is 5.82 Å². The lowest BCUT2D eigenvalue weighted by Crippen LogP contribution is -2.41. The van der Waals surface area contributed by atoms with Crippen molar-refractivity contribution in [3.05, 3.63) is 17.8 Å². The number of carbonyl (C=O) groups excluding carboxylic acids is 1. The van der Waals surface area contributed by atoms with Crippen LogP contribution in [0.3, 0.4) is 0 Å². The highest BCUT2D eigenvalue weighted by Gasteiger charge is 2.16. The number of carbonyl (C=O) groups is 1. The number of thiophene rings is 1. The molecule has 0 unspecified atom stereocenters. The summed E-state index contributed by atoms with van der Waals surface area (Å²) in [6.07, 6.45) is 2.01. The third kappa shape index (κ3) is 2.88. The maximum Gasteiger partial charge on any atom is 0.224 e. The first-order valence-electron chi connectivity index (χ1n) is 6.62. The van der Waals surface area contributed by atoms with Crippen LogP contribution in [0.15, 0.2) is 17.8 Å². The molecule has 1 N–H and O–H groups in total. The molecule has 0 bridgehead atoms. The largest absolute Gasteiger partial charge is 0.378 e. The number of fused-ring (bicyclic) bond motifs is 1. The molecule has 2 aromatic heterocycles. The van der Waals surface area contributed by atoms with Crippen LogP contribution >= 0.6 is 11.3 Å². The summed E-state index contributed by atoms with van der Waals surface area (Å²) in [5, 5.41) is 5.21. The van der Waals surface area contributed by atoms with Crippen molar-refractivity contribution in [3.8, 4) is 0 Å². The van der Waals surface area contributed by atoms with Crippen LogP contribution in [0.25, 0.3) is 10.2 Å². The summed E-state index contributed by atoms with van der Waals surface area (Å²) in [6.45, 7) is 3.25. The van der Waals surface area contributed by atoms with Gasteiger partial charge in [0, 0.05) is 26.1 Å². The summed E-state index contributed by atoms with van der Waals surface area (Å²) >= 11 is 1.60. The number of amides is 1. The van der Waals surface area contributed by atoms with Gasteiger partial charge in [0.1, 0.15) is 12.1 Å². The standard InChI is InChI=1S/C13H16N4O2S/c18-11(17-4-6-19-7-5-17)1-3-14-13-12-10(2-8-20-12)15-9-16-13/h2,8-9H,1,3-7H2,(H,14,15,16). The Kier molecular flexibility index (Phi) is 4.08. The van der Waals surface area contributed by atoms with Crippen molar-refractivity contribution < 1.29 is 9.53 Å². The fourth-order valence-corrected chi connectivity index (χ4v) is 2.98. The van der Waals surface area contributed by atoms with Gasteiger partial charge >= 0.3 is 0 Å². The number of ether oxygens (including phenoxy) is 1. The molecule has 0 aliphatic carbocycles. The van der Waals surface area contributed by atoms with E-state index >= 15 is 0 Å². The molecule has 7 heteroatoms. The van der Waals surface area contributed by atoms with E-state index in [4.69, 9.17) is 4.74 Å². The molecule has 1 saturated heterocycles. The van der Waals surface area contributed by atoms with E-state index in [2.05, 4.69) is 15.3 Å². The van der Waals surface area contributed by atoms with Crippen molar-refractivity contribution in [2.24, 2.45) is 0 Å². The molecule has 3 rings (SSSR count). The van der Waals surface area contributed by atoms with E-state index in [0.717, 1.165) is 16.0 Å². The Bertz CT molecular complexity index is 595. The fraction of sp³-hybridized carbons (Fsp3) is 0.462. The van der Waals surface area contributed by atoms with Crippen LogP contribution in [0.5, 0.6) is 0 Å². The second kappa shape index (κ2) is 6.15. The van der Waals surface area contributed by atoms with Crippen molar-refractivity contribution in [2.45, 2.75) is 6.42 Å². The Morgan fingerprint density at radius 1 is 1.40 bits per heavy atom. The monoisotopic (exact) mass is 292 g/mol. The Balaban J connectivity index is 1.54. The molecule has 1 fully saturated rings. The number of hydrogen-bond acceptors (Lipinski definition) is 6. The normalized spacial score (nSPS) is 15.5. The summed E-state index contributed by atoms with van der Waals surface area (Å²) in [5.74, 6) is 0.969. The molecular weight excluding hydrogens is 276 g/mol. The zero-order valence-electron chi connectivity index (χ0n) is 11.0. The highest BCUT2D eigenvalue weighted by molar-refractivity contribution is 7.17. The van der Waals surface area contributed by atoms with Gasteiger partial charge in [-0.25, -0.2) is 9.97 Å². The van der Waals surface area contributed by atoms with Gasteiger partial charge in [-0.15, -0.1) is 11.3 Å². The van der Waals surface area contributed by atoms with Crippen LogP contribution in [-0.2, 0) is 9.53 Å². The average molecular weight is 292 g/mol. The smallest absolute Gasteiger partial charge is 0.224 e. The van der Waals surface area contributed by atoms with E-state index in [1.165, 1.54) is 0 Å². The molecule has 106 valence electrons. The topological polar surface area (TPSA) is 67.4 Å². The summed E-state index contributed by atoms with van der Waals surface area (Å²) in [4.78, 5) is 22.3. The van der Waals surface area contributed by atoms with Crippen LogP contribution < -0.4 is 5.32 Å². The molecule has 0 radical (unpaired) electrons. The number of nitrogens with one attached hydrogen (secondary N) is 1. The molecule has 0 spiro atoms. The quantitative estimate of drug-likeness (QED) is 0.921. The predicted octanol–water partition coefficient (Wildman–Crippen LogP) is 1.35. The number of hydrogen-bond donors (Lipinski definition) is 1. The molecule has 2 aromatic rings. The maximum atomic E-state index is 12.0. The molecule has 1 amide bonds. The molecule has 1 aliphatic rings. The predicted molar refractivity (Wildman–Crippen MR) is 77.9 cm³/mol. The zero-order chi connectivity index (χ0) is 13.8. The summed E-state index contributed by atoms with van der Waals surface area (Å²) in [6, 6.07) is 1.96. The van der Waals surface area contributed by atoms with Gasteiger partial charge in [-0.05, 0) is 11.4 Å². The number of morpholine rings is 1. The van der Waals surface area contributed by atoms with E-state index in [-0.39, 0.29) is 5.91 Å². The minimum Gasteiger partial charge on any atom is -0.378 e. The van der Waals surface area contributed by atoms with Gasteiger partial charge in [0.2, 0.25) is 5.91 Å². The van der Waals surface area contributed by atoms with E-state index in [1.807, 2.05) is 16.3 Å². The van der Waals surface area contributed by atoms with E-state index in [9.17, 15) is 4.79 Å². The van der Waals surface area contributed by atoms with Gasteiger partial charge in [-0.3, -0.25) is 4.79 Å². The van der Waals surface area contributed by atoms with Gasteiger partial charge in [0.15, 0.2) is 0 Å². The highest BCUT2D eigenvalue weighted by Crippen LogP contribution is 2.24.